The minimum Gasteiger partial charge on any atom is -0.336 e. The summed E-state index contributed by atoms with van der Waals surface area (Å²) in [6.07, 6.45) is 0. The van der Waals surface area contributed by atoms with Gasteiger partial charge < -0.3 is 9.80 Å². The molecule has 2 amide bonds. The molecule has 1 saturated heterocycles. The van der Waals surface area contributed by atoms with Gasteiger partial charge in [0.1, 0.15) is 0 Å². The molecule has 1 aliphatic heterocycles. The maximum atomic E-state index is 11.3. The maximum Gasteiger partial charge on any atom is 0.219 e. The lowest BCUT2D eigenvalue weighted by atomic mass is 10.1. The van der Waals surface area contributed by atoms with Crippen molar-refractivity contribution in [2.75, 3.05) is 13.1 Å². The predicted molar refractivity (Wildman–Crippen MR) is 53.7 cm³/mol. The quantitative estimate of drug-likeness (QED) is 0.568. The number of nitrogens with zero attached hydrogens (tertiary/aromatic N) is 2. The standard InChI is InChI=1S/C10H18N2O2/c1-7-5-12(10(4)14)8(2)6-11(7)9(3)13/h7-8H,5-6H2,1-4H3/t7-,8+. The maximum absolute atomic E-state index is 11.3. The molecule has 1 heterocycles. The van der Waals surface area contributed by atoms with Gasteiger partial charge >= 0.3 is 0 Å². The molecule has 0 spiro atoms. The highest BCUT2D eigenvalue weighted by Crippen LogP contribution is 2.15. The fourth-order valence-electron chi connectivity index (χ4n) is 2.00. The van der Waals surface area contributed by atoms with Gasteiger partial charge in [-0.15, -0.1) is 0 Å². The molecule has 0 N–H and O–H groups in total. The molecule has 1 fully saturated rings. The second kappa shape index (κ2) is 3.98. The van der Waals surface area contributed by atoms with Gasteiger partial charge in [0.05, 0.1) is 0 Å². The molecule has 4 heteroatoms. The first-order valence-corrected chi connectivity index (χ1v) is 4.98. The Bertz CT molecular complexity index is 227. The molecular formula is C10H18N2O2. The lowest BCUT2D eigenvalue weighted by molar-refractivity contribution is -0.143. The third kappa shape index (κ3) is 2.05. The highest BCUT2D eigenvalue weighted by molar-refractivity contribution is 5.76. The van der Waals surface area contributed by atoms with E-state index in [4.69, 9.17) is 0 Å². The highest BCUT2D eigenvalue weighted by atomic mass is 16.2. The Hall–Kier alpha value is -1.06. The second-order valence-electron chi connectivity index (χ2n) is 4.04. The summed E-state index contributed by atoms with van der Waals surface area (Å²) in [5.74, 6) is 0.181. The smallest absolute Gasteiger partial charge is 0.219 e. The summed E-state index contributed by atoms with van der Waals surface area (Å²) in [5, 5.41) is 0. The number of carbonyl (C=O) groups excluding carboxylic acids is 2. The minimum absolute atomic E-state index is 0.0903. The first kappa shape index (κ1) is 11.0. The van der Waals surface area contributed by atoms with Crippen LogP contribution >= 0.6 is 0 Å². The van der Waals surface area contributed by atoms with Crippen LogP contribution in [0.5, 0.6) is 0 Å². The van der Waals surface area contributed by atoms with E-state index in [2.05, 4.69) is 0 Å². The van der Waals surface area contributed by atoms with Crippen LogP contribution in [0.3, 0.4) is 0 Å². The van der Waals surface area contributed by atoms with Crippen LogP contribution in [0.25, 0.3) is 0 Å². The van der Waals surface area contributed by atoms with E-state index in [0.29, 0.717) is 13.1 Å². The van der Waals surface area contributed by atoms with Crippen molar-refractivity contribution in [3.63, 3.8) is 0 Å². The highest BCUT2D eigenvalue weighted by Gasteiger charge is 2.31. The van der Waals surface area contributed by atoms with E-state index in [9.17, 15) is 9.59 Å². The number of piperazine rings is 1. The van der Waals surface area contributed by atoms with E-state index in [1.54, 1.807) is 13.8 Å². The fourth-order valence-corrected chi connectivity index (χ4v) is 2.00. The number of amides is 2. The number of hydrogen-bond acceptors (Lipinski definition) is 2. The molecule has 0 radical (unpaired) electrons. The Morgan fingerprint density at radius 1 is 0.929 bits per heavy atom. The summed E-state index contributed by atoms with van der Waals surface area (Å²) in [6, 6.07) is 0.264. The van der Waals surface area contributed by atoms with Gasteiger partial charge in [-0.2, -0.15) is 0 Å². The Balaban J connectivity index is 2.71. The van der Waals surface area contributed by atoms with Crippen molar-refractivity contribution in [3.8, 4) is 0 Å². The summed E-state index contributed by atoms with van der Waals surface area (Å²) in [5.41, 5.74) is 0. The van der Waals surface area contributed by atoms with Crippen LogP contribution in [-0.2, 0) is 9.59 Å². The van der Waals surface area contributed by atoms with E-state index in [1.807, 2.05) is 23.6 Å². The van der Waals surface area contributed by atoms with E-state index >= 15 is 0 Å². The molecule has 4 nitrogen and oxygen atoms in total. The van der Waals surface area contributed by atoms with Crippen molar-refractivity contribution in [1.29, 1.82) is 0 Å². The monoisotopic (exact) mass is 198 g/mol. The van der Waals surface area contributed by atoms with Crippen LogP contribution in [0.2, 0.25) is 0 Å². The zero-order valence-corrected chi connectivity index (χ0v) is 9.28. The molecule has 80 valence electrons. The zero-order chi connectivity index (χ0) is 10.9. The van der Waals surface area contributed by atoms with Crippen molar-refractivity contribution in [2.45, 2.75) is 39.8 Å². The lowest BCUT2D eigenvalue weighted by Crippen LogP contribution is -2.58. The number of hydrogen-bond donors (Lipinski definition) is 0. The van der Waals surface area contributed by atoms with Crippen molar-refractivity contribution >= 4 is 11.8 Å². The molecule has 0 unspecified atom stereocenters. The molecule has 0 aromatic carbocycles. The lowest BCUT2D eigenvalue weighted by Gasteiger charge is -2.43. The average Bonchev–Trinajstić information content (AvgIpc) is 2.07. The molecule has 0 bridgehead atoms. The van der Waals surface area contributed by atoms with Crippen molar-refractivity contribution in [1.82, 2.24) is 9.80 Å². The van der Waals surface area contributed by atoms with Gasteiger partial charge in [0.2, 0.25) is 11.8 Å². The van der Waals surface area contributed by atoms with Gasteiger partial charge in [0.25, 0.3) is 0 Å². The Morgan fingerprint density at radius 3 is 1.43 bits per heavy atom. The van der Waals surface area contributed by atoms with E-state index in [0.717, 1.165) is 0 Å². The molecular weight excluding hydrogens is 180 g/mol. The Morgan fingerprint density at radius 2 is 1.21 bits per heavy atom. The van der Waals surface area contributed by atoms with Crippen LogP contribution in [0, 0.1) is 0 Å². The molecule has 0 saturated carbocycles. The summed E-state index contributed by atoms with van der Waals surface area (Å²) in [6.45, 7) is 8.40. The van der Waals surface area contributed by atoms with Gasteiger partial charge in [-0.05, 0) is 13.8 Å². The van der Waals surface area contributed by atoms with Crippen LogP contribution in [-0.4, -0.2) is 46.8 Å². The summed E-state index contributed by atoms with van der Waals surface area (Å²) < 4.78 is 0. The topological polar surface area (TPSA) is 40.6 Å². The van der Waals surface area contributed by atoms with Crippen LogP contribution in [0.4, 0.5) is 0 Å². The van der Waals surface area contributed by atoms with E-state index < -0.39 is 0 Å². The zero-order valence-electron chi connectivity index (χ0n) is 9.28. The fraction of sp³-hybridized carbons (Fsp3) is 0.800. The molecule has 2 atom stereocenters. The predicted octanol–water partition coefficient (Wildman–Crippen LogP) is 0.474. The van der Waals surface area contributed by atoms with Gasteiger partial charge in [-0.1, -0.05) is 0 Å². The average molecular weight is 198 g/mol. The Kier molecular flexibility index (Phi) is 3.13. The Labute approximate surface area is 84.9 Å². The van der Waals surface area contributed by atoms with E-state index in [1.165, 1.54) is 0 Å². The van der Waals surface area contributed by atoms with Crippen molar-refractivity contribution < 1.29 is 9.59 Å². The minimum atomic E-state index is 0.0903. The normalized spacial score (nSPS) is 27.7. The molecule has 0 aliphatic carbocycles. The van der Waals surface area contributed by atoms with Crippen LogP contribution in [0.15, 0.2) is 0 Å². The molecule has 14 heavy (non-hydrogen) atoms. The van der Waals surface area contributed by atoms with Gasteiger partial charge in [-0.25, -0.2) is 0 Å². The van der Waals surface area contributed by atoms with E-state index in [-0.39, 0.29) is 23.9 Å². The first-order valence-electron chi connectivity index (χ1n) is 4.98. The van der Waals surface area contributed by atoms with Gasteiger partial charge in [0.15, 0.2) is 0 Å². The molecule has 1 aliphatic rings. The van der Waals surface area contributed by atoms with Gasteiger partial charge in [0, 0.05) is 39.0 Å². The molecule has 1 rings (SSSR count). The third-order valence-corrected chi connectivity index (χ3v) is 2.79. The SMILES string of the molecule is CC(=O)N1C[C@H](C)N(C(C)=O)C[C@H]1C. The summed E-state index contributed by atoms with van der Waals surface area (Å²) >= 11 is 0. The number of carbonyl (C=O) groups is 2. The molecule has 0 aromatic heterocycles. The third-order valence-electron chi connectivity index (χ3n) is 2.79. The van der Waals surface area contributed by atoms with Crippen molar-refractivity contribution in [3.05, 3.63) is 0 Å². The number of rotatable bonds is 0. The van der Waals surface area contributed by atoms with Crippen LogP contribution < -0.4 is 0 Å². The summed E-state index contributed by atoms with van der Waals surface area (Å²) in [4.78, 5) is 26.2. The van der Waals surface area contributed by atoms with Crippen molar-refractivity contribution in [2.24, 2.45) is 0 Å². The second-order valence-corrected chi connectivity index (χ2v) is 4.04. The first-order chi connectivity index (χ1) is 6.43. The molecule has 0 aromatic rings. The van der Waals surface area contributed by atoms with Gasteiger partial charge in [-0.3, -0.25) is 9.59 Å². The summed E-state index contributed by atoms with van der Waals surface area (Å²) in [7, 11) is 0. The largest absolute Gasteiger partial charge is 0.336 e. The van der Waals surface area contributed by atoms with Crippen LogP contribution in [0.1, 0.15) is 27.7 Å².